The van der Waals surface area contributed by atoms with Crippen LogP contribution in [0.1, 0.15) is 38.1 Å². The van der Waals surface area contributed by atoms with Crippen molar-refractivity contribution >= 4 is 17.5 Å². The molecule has 1 aromatic rings. The van der Waals surface area contributed by atoms with Crippen LogP contribution in [-0.4, -0.2) is 60.1 Å². The number of hydrogen-bond acceptors (Lipinski definition) is 6. The molecule has 0 aromatic carbocycles. The number of anilines is 1. The van der Waals surface area contributed by atoms with E-state index in [0.29, 0.717) is 18.8 Å². The summed E-state index contributed by atoms with van der Waals surface area (Å²) in [6.07, 6.45) is 1.58. The number of nitrogens with two attached hydrogens (primary N) is 1. The van der Waals surface area contributed by atoms with Crippen molar-refractivity contribution in [3.05, 3.63) is 17.8 Å². The first-order chi connectivity index (χ1) is 12.2. The van der Waals surface area contributed by atoms with Crippen LogP contribution in [0, 0.1) is 5.92 Å². The molecule has 0 bridgehead atoms. The molecule has 3 N–H and O–H groups in total. The molecule has 1 fully saturated rings. The van der Waals surface area contributed by atoms with Crippen LogP contribution in [0.15, 0.2) is 12.3 Å². The van der Waals surface area contributed by atoms with Crippen molar-refractivity contribution in [3.8, 4) is 5.88 Å². The number of amides is 2. The summed E-state index contributed by atoms with van der Waals surface area (Å²) in [7, 11) is 1.41. The van der Waals surface area contributed by atoms with Gasteiger partial charge in [-0.25, -0.2) is 4.98 Å². The average Bonchev–Trinajstić information content (AvgIpc) is 2.53. The van der Waals surface area contributed by atoms with E-state index < -0.39 is 5.91 Å². The van der Waals surface area contributed by atoms with Crippen molar-refractivity contribution in [2.75, 3.05) is 25.5 Å². The number of nitrogens with one attached hydrogen (secondary N) is 1. The first-order valence-electron chi connectivity index (χ1n) is 8.77. The van der Waals surface area contributed by atoms with Crippen molar-refractivity contribution in [2.24, 2.45) is 11.7 Å². The number of pyridine rings is 1. The average molecular weight is 364 g/mol. The molecule has 0 saturated carbocycles. The Hall–Kier alpha value is -2.19. The topological polar surface area (TPSA) is 107 Å². The summed E-state index contributed by atoms with van der Waals surface area (Å²) in [5, 5.41) is 2.85. The molecule has 0 radical (unpaired) electrons. The Morgan fingerprint density at radius 1 is 1.35 bits per heavy atom. The highest BCUT2D eigenvalue weighted by Crippen LogP contribution is 2.22. The molecule has 2 amide bonds. The third kappa shape index (κ3) is 4.70. The number of ether oxygens (including phenoxy) is 2. The maximum Gasteiger partial charge on any atom is 0.254 e. The molecule has 1 aromatic heterocycles. The number of methoxy groups -OCH3 is 1. The molecule has 8 heteroatoms. The Bertz CT molecular complexity index is 655. The Balaban J connectivity index is 2.20. The monoisotopic (exact) mass is 364 g/mol. The minimum atomic E-state index is -0.665. The van der Waals surface area contributed by atoms with Gasteiger partial charge in [-0.3, -0.25) is 14.5 Å². The highest BCUT2D eigenvalue weighted by atomic mass is 16.5. The quantitative estimate of drug-likeness (QED) is 0.787. The number of rotatable bonds is 6. The zero-order valence-electron chi connectivity index (χ0n) is 16.0. The van der Waals surface area contributed by atoms with Gasteiger partial charge in [-0.2, -0.15) is 0 Å². The third-order valence-electron chi connectivity index (χ3n) is 4.32. The molecule has 3 atom stereocenters. The Labute approximate surface area is 154 Å². The van der Waals surface area contributed by atoms with Gasteiger partial charge in [-0.15, -0.1) is 0 Å². The van der Waals surface area contributed by atoms with Gasteiger partial charge in [0.1, 0.15) is 5.56 Å². The predicted octanol–water partition coefficient (Wildman–Crippen LogP) is 1.26. The molecule has 1 saturated heterocycles. The molecule has 0 spiro atoms. The fourth-order valence-corrected chi connectivity index (χ4v) is 3.41. The Morgan fingerprint density at radius 2 is 1.96 bits per heavy atom. The van der Waals surface area contributed by atoms with E-state index in [0.717, 1.165) is 0 Å². The highest BCUT2D eigenvalue weighted by molar-refractivity contribution is 5.99. The minimum Gasteiger partial charge on any atom is -0.480 e. The fourth-order valence-electron chi connectivity index (χ4n) is 3.41. The molecule has 2 heterocycles. The van der Waals surface area contributed by atoms with Gasteiger partial charge in [-0.1, -0.05) is 13.8 Å². The fraction of sp³-hybridized carbons (Fsp3) is 0.611. The summed E-state index contributed by atoms with van der Waals surface area (Å²) in [6.45, 7) is 9.41. The lowest BCUT2D eigenvalue weighted by Gasteiger charge is -2.41. The van der Waals surface area contributed by atoms with Gasteiger partial charge in [0.2, 0.25) is 11.8 Å². The summed E-state index contributed by atoms with van der Waals surface area (Å²) in [5.41, 5.74) is 5.88. The van der Waals surface area contributed by atoms with Gasteiger partial charge in [0.05, 0.1) is 37.2 Å². The molecular weight excluding hydrogens is 336 g/mol. The normalized spacial score (nSPS) is 22.1. The number of carbonyl (C=O) groups excluding carboxylic acids is 2. The van der Waals surface area contributed by atoms with E-state index in [2.05, 4.69) is 15.2 Å². The lowest BCUT2D eigenvalue weighted by atomic mass is 9.99. The first-order valence-corrected chi connectivity index (χ1v) is 8.77. The molecule has 0 aliphatic carbocycles. The Morgan fingerprint density at radius 3 is 2.46 bits per heavy atom. The largest absolute Gasteiger partial charge is 0.480 e. The number of primary amides is 1. The van der Waals surface area contributed by atoms with Gasteiger partial charge in [0, 0.05) is 13.1 Å². The number of carbonyl (C=O) groups is 2. The zero-order valence-corrected chi connectivity index (χ0v) is 16.0. The standard InChI is InChI=1S/C18H28N4O4/c1-10(2)15(22-8-11(3)26-12(4)9-22)17(24)21-13-6-14(16(19)23)18(25-5)20-7-13/h6-7,10-12,15H,8-9H2,1-5H3,(H2,19,23)(H,21,24). The number of aromatic nitrogens is 1. The molecule has 26 heavy (non-hydrogen) atoms. The van der Waals surface area contributed by atoms with E-state index >= 15 is 0 Å². The zero-order chi connectivity index (χ0) is 19.4. The van der Waals surface area contributed by atoms with Crippen molar-refractivity contribution in [2.45, 2.75) is 45.9 Å². The van der Waals surface area contributed by atoms with E-state index in [9.17, 15) is 9.59 Å². The van der Waals surface area contributed by atoms with Crippen LogP contribution in [0.3, 0.4) is 0 Å². The van der Waals surface area contributed by atoms with Crippen LogP contribution in [0.2, 0.25) is 0 Å². The number of nitrogens with zero attached hydrogens (tertiary/aromatic N) is 2. The summed E-state index contributed by atoms with van der Waals surface area (Å²) in [5.74, 6) is -0.577. The summed E-state index contributed by atoms with van der Waals surface area (Å²) in [6, 6.07) is 1.16. The SMILES string of the molecule is COc1ncc(NC(=O)C(C(C)C)N2CC(C)OC(C)C2)cc1C(N)=O. The molecule has 144 valence electrons. The minimum absolute atomic E-state index is 0.0666. The van der Waals surface area contributed by atoms with Crippen LogP contribution in [0.25, 0.3) is 0 Å². The number of hydrogen-bond donors (Lipinski definition) is 2. The smallest absolute Gasteiger partial charge is 0.254 e. The van der Waals surface area contributed by atoms with Crippen molar-refractivity contribution in [1.29, 1.82) is 0 Å². The molecular formula is C18H28N4O4. The molecule has 8 nitrogen and oxygen atoms in total. The molecule has 1 aliphatic rings. The van der Waals surface area contributed by atoms with Crippen molar-refractivity contribution in [1.82, 2.24) is 9.88 Å². The summed E-state index contributed by atoms with van der Waals surface area (Å²) < 4.78 is 10.8. The van der Waals surface area contributed by atoms with E-state index in [4.69, 9.17) is 15.2 Å². The molecule has 2 rings (SSSR count). The van der Waals surface area contributed by atoms with Gasteiger partial charge in [0.15, 0.2) is 0 Å². The second-order valence-corrected chi connectivity index (χ2v) is 7.03. The Kier molecular flexibility index (Phi) is 6.55. The van der Waals surface area contributed by atoms with Crippen LogP contribution in [0.5, 0.6) is 5.88 Å². The summed E-state index contributed by atoms with van der Waals surface area (Å²) >= 11 is 0. The lowest BCUT2D eigenvalue weighted by Crippen LogP contribution is -2.55. The van der Waals surface area contributed by atoms with Gasteiger partial charge in [0.25, 0.3) is 5.91 Å². The van der Waals surface area contributed by atoms with E-state index in [1.165, 1.54) is 19.4 Å². The third-order valence-corrected chi connectivity index (χ3v) is 4.32. The van der Waals surface area contributed by atoms with Gasteiger partial charge >= 0.3 is 0 Å². The lowest BCUT2D eigenvalue weighted by molar-refractivity contribution is -0.130. The van der Waals surface area contributed by atoms with E-state index in [1.54, 1.807) is 0 Å². The summed E-state index contributed by atoms with van der Waals surface area (Å²) in [4.78, 5) is 30.7. The van der Waals surface area contributed by atoms with E-state index in [1.807, 2.05) is 27.7 Å². The highest BCUT2D eigenvalue weighted by Gasteiger charge is 2.34. The van der Waals surface area contributed by atoms with Crippen LogP contribution in [0.4, 0.5) is 5.69 Å². The maximum atomic E-state index is 12.9. The first kappa shape index (κ1) is 20.1. The predicted molar refractivity (Wildman–Crippen MR) is 98.1 cm³/mol. The van der Waals surface area contributed by atoms with Crippen LogP contribution >= 0.6 is 0 Å². The van der Waals surface area contributed by atoms with Crippen LogP contribution < -0.4 is 15.8 Å². The second-order valence-electron chi connectivity index (χ2n) is 7.03. The molecule has 3 unspecified atom stereocenters. The number of morpholine rings is 1. The molecule has 1 aliphatic heterocycles. The second kappa shape index (κ2) is 8.46. The van der Waals surface area contributed by atoms with Gasteiger partial charge < -0.3 is 20.5 Å². The maximum absolute atomic E-state index is 12.9. The van der Waals surface area contributed by atoms with Crippen LogP contribution in [-0.2, 0) is 9.53 Å². The van der Waals surface area contributed by atoms with Gasteiger partial charge in [-0.05, 0) is 25.8 Å². The van der Waals surface area contributed by atoms with E-state index in [-0.39, 0.29) is 41.5 Å². The van der Waals surface area contributed by atoms with Crippen molar-refractivity contribution in [3.63, 3.8) is 0 Å². The van der Waals surface area contributed by atoms with Crippen molar-refractivity contribution < 1.29 is 19.1 Å².